The molecule has 4 bridgehead atoms. The number of ether oxygens (including phenoxy) is 2. The number of carbonyl (C=O) groups is 1. The van der Waals surface area contributed by atoms with Crippen LogP contribution in [0.2, 0.25) is 0 Å². The summed E-state index contributed by atoms with van der Waals surface area (Å²) in [6.07, 6.45) is 8.33. The summed E-state index contributed by atoms with van der Waals surface area (Å²) in [5.41, 5.74) is 1.37. The van der Waals surface area contributed by atoms with Crippen molar-refractivity contribution < 1.29 is 19.4 Å². The summed E-state index contributed by atoms with van der Waals surface area (Å²) >= 11 is 0. The highest BCUT2D eigenvalue weighted by Gasteiger charge is 2.51. The molecule has 4 aliphatic carbocycles. The standard InChI is InChI=1S/C23H33NO4/c1-3-27-21-9-16(13-24-15(2)22(25)26)4-5-20(21)28-14-23-10-17-6-18(11-23)8-19(7-17)12-23/h4-5,9,15,17-19,24H,3,6-8,10-14H2,1-2H3,(H,25,26)/t15-,17?,18?,19?,23?/m1/s1. The SMILES string of the molecule is CCOc1cc(CN[C@H](C)C(=O)O)ccc1OCC12CC3CC(CC(C3)C1)C2. The number of benzene rings is 1. The molecule has 0 radical (unpaired) electrons. The fourth-order valence-corrected chi connectivity index (χ4v) is 6.11. The number of rotatable bonds is 9. The van der Waals surface area contributed by atoms with Gasteiger partial charge in [-0.15, -0.1) is 0 Å². The molecule has 28 heavy (non-hydrogen) atoms. The molecule has 0 saturated heterocycles. The van der Waals surface area contributed by atoms with Gasteiger partial charge in [0.1, 0.15) is 6.04 Å². The Hall–Kier alpha value is -1.75. The quantitative estimate of drug-likeness (QED) is 0.663. The lowest BCUT2D eigenvalue weighted by Gasteiger charge is -2.56. The minimum absolute atomic E-state index is 0.370. The lowest BCUT2D eigenvalue weighted by molar-refractivity contribution is -0.139. The smallest absolute Gasteiger partial charge is 0.320 e. The Balaban J connectivity index is 1.41. The van der Waals surface area contributed by atoms with Crippen LogP contribution in [0.1, 0.15) is 57.9 Å². The molecule has 4 saturated carbocycles. The Morgan fingerprint density at radius 3 is 2.36 bits per heavy atom. The second kappa shape index (κ2) is 7.94. The predicted molar refractivity (Wildman–Crippen MR) is 108 cm³/mol. The average molecular weight is 388 g/mol. The number of carboxylic acid groups (broad SMARTS) is 1. The highest BCUT2D eigenvalue weighted by atomic mass is 16.5. The molecule has 1 aromatic rings. The molecule has 0 amide bonds. The van der Waals surface area contributed by atoms with Crippen molar-refractivity contribution in [2.24, 2.45) is 23.2 Å². The molecular formula is C23H33NO4. The van der Waals surface area contributed by atoms with Gasteiger partial charge in [0, 0.05) is 12.0 Å². The molecule has 154 valence electrons. The third-order valence-corrected chi connectivity index (χ3v) is 6.99. The van der Waals surface area contributed by atoms with E-state index in [9.17, 15) is 4.79 Å². The van der Waals surface area contributed by atoms with E-state index in [2.05, 4.69) is 5.32 Å². The third-order valence-electron chi connectivity index (χ3n) is 6.99. The number of nitrogens with one attached hydrogen (secondary N) is 1. The van der Waals surface area contributed by atoms with Gasteiger partial charge in [0.05, 0.1) is 13.2 Å². The fraction of sp³-hybridized carbons (Fsp3) is 0.696. The Bertz CT molecular complexity index is 681. The van der Waals surface area contributed by atoms with E-state index in [0.29, 0.717) is 18.6 Å². The molecular weight excluding hydrogens is 354 g/mol. The first kappa shape index (κ1) is 19.6. The van der Waals surface area contributed by atoms with Crippen molar-refractivity contribution in [1.82, 2.24) is 5.32 Å². The van der Waals surface area contributed by atoms with E-state index in [0.717, 1.165) is 41.4 Å². The molecule has 5 heteroatoms. The van der Waals surface area contributed by atoms with E-state index in [1.807, 2.05) is 25.1 Å². The monoisotopic (exact) mass is 387 g/mol. The van der Waals surface area contributed by atoms with Gasteiger partial charge >= 0.3 is 5.97 Å². The largest absolute Gasteiger partial charge is 0.490 e. The van der Waals surface area contributed by atoms with Crippen LogP contribution in [0, 0.1) is 23.2 Å². The summed E-state index contributed by atoms with van der Waals surface area (Å²) in [6, 6.07) is 5.37. The highest BCUT2D eigenvalue weighted by molar-refractivity contribution is 5.72. The van der Waals surface area contributed by atoms with Crippen LogP contribution in [0.5, 0.6) is 11.5 Å². The lowest BCUT2D eigenvalue weighted by Crippen LogP contribution is -2.48. The summed E-state index contributed by atoms with van der Waals surface area (Å²) in [5.74, 6) is 3.49. The van der Waals surface area contributed by atoms with E-state index < -0.39 is 12.0 Å². The van der Waals surface area contributed by atoms with Crippen LogP contribution in [-0.4, -0.2) is 30.3 Å². The average Bonchev–Trinajstić information content (AvgIpc) is 2.64. The van der Waals surface area contributed by atoms with Crippen molar-refractivity contribution in [3.63, 3.8) is 0 Å². The van der Waals surface area contributed by atoms with Crippen LogP contribution in [0.3, 0.4) is 0 Å². The predicted octanol–water partition coefficient (Wildman–Crippen LogP) is 4.24. The van der Waals surface area contributed by atoms with Gasteiger partial charge in [0.15, 0.2) is 11.5 Å². The van der Waals surface area contributed by atoms with Crippen LogP contribution in [-0.2, 0) is 11.3 Å². The van der Waals surface area contributed by atoms with Crippen LogP contribution in [0.25, 0.3) is 0 Å². The molecule has 0 unspecified atom stereocenters. The van der Waals surface area contributed by atoms with Crippen LogP contribution >= 0.6 is 0 Å². The number of hydrogen-bond acceptors (Lipinski definition) is 4. The maximum absolute atomic E-state index is 11.0. The molecule has 1 aromatic carbocycles. The summed E-state index contributed by atoms with van der Waals surface area (Å²) in [6.45, 7) is 5.48. The molecule has 0 spiro atoms. The third kappa shape index (κ3) is 4.14. The topological polar surface area (TPSA) is 67.8 Å². The lowest BCUT2D eigenvalue weighted by atomic mass is 9.50. The second-order valence-corrected chi connectivity index (χ2v) is 9.36. The van der Waals surface area contributed by atoms with Gasteiger partial charge in [-0.05, 0) is 87.8 Å². The molecule has 1 atom stereocenters. The Labute approximate surface area is 167 Å². The number of aliphatic carboxylic acids is 1. The molecule has 5 nitrogen and oxygen atoms in total. The van der Waals surface area contributed by atoms with Crippen molar-refractivity contribution in [2.45, 2.75) is 65.0 Å². The summed E-state index contributed by atoms with van der Waals surface area (Å²) in [5, 5.41) is 12.0. The van der Waals surface area contributed by atoms with Gasteiger partial charge in [-0.1, -0.05) is 6.07 Å². The van der Waals surface area contributed by atoms with E-state index >= 15 is 0 Å². The zero-order chi connectivity index (χ0) is 19.7. The van der Waals surface area contributed by atoms with E-state index in [1.165, 1.54) is 38.5 Å². The van der Waals surface area contributed by atoms with Crippen LogP contribution < -0.4 is 14.8 Å². The maximum atomic E-state index is 11.0. The van der Waals surface area contributed by atoms with Crippen molar-refractivity contribution in [2.75, 3.05) is 13.2 Å². The highest BCUT2D eigenvalue weighted by Crippen LogP contribution is 2.60. The Kier molecular flexibility index (Phi) is 5.55. The molecule has 0 aliphatic heterocycles. The molecule has 0 aromatic heterocycles. The van der Waals surface area contributed by atoms with Crippen molar-refractivity contribution in [3.05, 3.63) is 23.8 Å². The summed E-state index contributed by atoms with van der Waals surface area (Å²) < 4.78 is 12.2. The zero-order valence-electron chi connectivity index (χ0n) is 17.1. The van der Waals surface area contributed by atoms with Crippen LogP contribution in [0.4, 0.5) is 0 Å². The molecule has 0 heterocycles. The van der Waals surface area contributed by atoms with Gasteiger partial charge in [-0.2, -0.15) is 0 Å². The maximum Gasteiger partial charge on any atom is 0.320 e. The van der Waals surface area contributed by atoms with E-state index in [-0.39, 0.29) is 0 Å². The Morgan fingerprint density at radius 1 is 1.14 bits per heavy atom. The minimum Gasteiger partial charge on any atom is -0.490 e. The first-order valence-electron chi connectivity index (χ1n) is 10.8. The van der Waals surface area contributed by atoms with Crippen molar-refractivity contribution >= 4 is 5.97 Å². The minimum atomic E-state index is -0.847. The first-order valence-corrected chi connectivity index (χ1v) is 10.8. The fourth-order valence-electron chi connectivity index (χ4n) is 6.11. The first-order chi connectivity index (χ1) is 13.5. The number of hydrogen-bond donors (Lipinski definition) is 2. The Morgan fingerprint density at radius 2 is 1.79 bits per heavy atom. The molecule has 5 rings (SSSR count). The van der Waals surface area contributed by atoms with E-state index in [1.54, 1.807) is 6.92 Å². The summed E-state index contributed by atoms with van der Waals surface area (Å²) in [7, 11) is 0. The molecule has 4 aliphatic rings. The zero-order valence-corrected chi connectivity index (χ0v) is 17.1. The van der Waals surface area contributed by atoms with Gasteiger partial charge < -0.3 is 19.9 Å². The van der Waals surface area contributed by atoms with Gasteiger partial charge in [0.2, 0.25) is 0 Å². The molecule has 2 N–H and O–H groups in total. The van der Waals surface area contributed by atoms with Crippen LogP contribution in [0.15, 0.2) is 18.2 Å². The van der Waals surface area contributed by atoms with Gasteiger partial charge in [0.25, 0.3) is 0 Å². The van der Waals surface area contributed by atoms with Crippen molar-refractivity contribution in [3.8, 4) is 11.5 Å². The second-order valence-electron chi connectivity index (χ2n) is 9.36. The number of carboxylic acids is 1. The van der Waals surface area contributed by atoms with Gasteiger partial charge in [-0.25, -0.2) is 0 Å². The normalized spacial score (nSPS) is 31.6. The summed E-state index contributed by atoms with van der Waals surface area (Å²) in [4.78, 5) is 11.0. The van der Waals surface area contributed by atoms with Gasteiger partial charge in [-0.3, -0.25) is 4.79 Å². The van der Waals surface area contributed by atoms with E-state index in [4.69, 9.17) is 14.6 Å². The van der Waals surface area contributed by atoms with Crippen molar-refractivity contribution in [1.29, 1.82) is 0 Å². The molecule has 4 fully saturated rings.